The van der Waals surface area contributed by atoms with Crippen molar-refractivity contribution >= 4 is 32.9 Å². The third-order valence-electron chi connectivity index (χ3n) is 5.44. The van der Waals surface area contributed by atoms with E-state index in [-0.39, 0.29) is 12.1 Å². The van der Waals surface area contributed by atoms with Gasteiger partial charge in [-0.05, 0) is 42.3 Å². The van der Waals surface area contributed by atoms with Gasteiger partial charge < -0.3 is 14.6 Å². The molecule has 0 spiro atoms. The molecule has 0 saturated carbocycles. The minimum atomic E-state index is 0.133. The summed E-state index contributed by atoms with van der Waals surface area (Å²) in [7, 11) is 1.74. The van der Waals surface area contributed by atoms with Crippen LogP contribution in [-0.2, 0) is 0 Å². The molecule has 1 aliphatic heterocycles. The van der Waals surface area contributed by atoms with Gasteiger partial charge in [0.1, 0.15) is 5.75 Å². The smallest absolute Gasteiger partial charge is 0.204 e. The van der Waals surface area contributed by atoms with Crippen molar-refractivity contribution in [3.63, 3.8) is 0 Å². The molecule has 0 aliphatic carbocycles. The molecule has 2 unspecified atom stereocenters. The molecule has 2 heterocycles. The predicted octanol–water partition coefficient (Wildman–Crippen LogP) is 5.95. The zero-order chi connectivity index (χ0) is 19.1. The van der Waals surface area contributed by atoms with E-state index >= 15 is 0 Å². The first-order chi connectivity index (χ1) is 13.7. The molecule has 0 fully saturated rings. The monoisotopic (exact) mass is 433 g/mol. The molecule has 0 radical (unpaired) electrons. The molecule has 5 heteroatoms. The van der Waals surface area contributed by atoms with Gasteiger partial charge in [-0.25, -0.2) is 4.98 Å². The van der Waals surface area contributed by atoms with Crippen LogP contribution in [0.15, 0.2) is 77.3 Å². The molecule has 4 nitrogen and oxygen atoms in total. The fourth-order valence-electron chi connectivity index (χ4n) is 4.13. The molecule has 5 rings (SSSR count). The number of nitrogens with zero attached hydrogens (tertiary/aromatic N) is 2. The second-order valence-electron chi connectivity index (χ2n) is 7.04. The Morgan fingerprint density at radius 1 is 1.00 bits per heavy atom. The minimum Gasteiger partial charge on any atom is -0.496 e. The normalized spacial score (nSPS) is 18.5. The summed E-state index contributed by atoms with van der Waals surface area (Å²) >= 11 is 3.53. The summed E-state index contributed by atoms with van der Waals surface area (Å²) < 4.78 is 9.09. The van der Waals surface area contributed by atoms with Gasteiger partial charge in [0, 0.05) is 10.0 Å². The quantitative estimate of drug-likeness (QED) is 0.433. The van der Waals surface area contributed by atoms with Crippen LogP contribution in [0.5, 0.6) is 5.75 Å². The maximum absolute atomic E-state index is 5.70. The van der Waals surface area contributed by atoms with Crippen LogP contribution in [0.4, 0.5) is 5.95 Å². The van der Waals surface area contributed by atoms with Crippen LogP contribution in [-0.4, -0.2) is 16.7 Å². The van der Waals surface area contributed by atoms with E-state index in [2.05, 4.69) is 80.4 Å². The number of hydrogen-bond acceptors (Lipinski definition) is 3. The zero-order valence-corrected chi connectivity index (χ0v) is 17.1. The van der Waals surface area contributed by atoms with Gasteiger partial charge in [0.25, 0.3) is 0 Å². The lowest BCUT2D eigenvalue weighted by atomic mass is 9.92. The van der Waals surface area contributed by atoms with E-state index in [1.54, 1.807) is 7.11 Å². The number of fused-ring (bicyclic) bond motifs is 3. The van der Waals surface area contributed by atoms with E-state index in [0.29, 0.717) is 0 Å². The number of ether oxygens (including phenoxy) is 1. The first-order valence-corrected chi connectivity index (χ1v) is 10.2. The van der Waals surface area contributed by atoms with Crippen LogP contribution in [0.2, 0.25) is 0 Å². The van der Waals surface area contributed by atoms with E-state index in [0.717, 1.165) is 33.6 Å². The van der Waals surface area contributed by atoms with E-state index in [1.807, 2.05) is 18.2 Å². The third kappa shape index (κ3) is 2.87. The van der Waals surface area contributed by atoms with Crippen molar-refractivity contribution < 1.29 is 4.74 Å². The maximum Gasteiger partial charge on any atom is 0.204 e. The topological polar surface area (TPSA) is 39.1 Å². The van der Waals surface area contributed by atoms with E-state index in [9.17, 15) is 0 Å². The van der Waals surface area contributed by atoms with Gasteiger partial charge in [0.15, 0.2) is 0 Å². The molecule has 4 aromatic rings. The molecule has 0 saturated heterocycles. The highest BCUT2D eigenvalue weighted by Crippen LogP contribution is 2.43. The fourth-order valence-corrected chi connectivity index (χ4v) is 4.39. The number of hydrogen-bond donors (Lipinski definition) is 1. The number of rotatable bonds is 3. The number of methoxy groups -OCH3 is 1. The van der Waals surface area contributed by atoms with Crippen molar-refractivity contribution in [2.45, 2.75) is 18.5 Å². The Labute approximate surface area is 172 Å². The summed E-state index contributed by atoms with van der Waals surface area (Å²) in [6.07, 6.45) is 0.912. The van der Waals surface area contributed by atoms with Crippen LogP contribution in [0.3, 0.4) is 0 Å². The molecule has 140 valence electrons. The lowest BCUT2D eigenvalue weighted by Crippen LogP contribution is -2.27. The first kappa shape index (κ1) is 17.3. The lowest BCUT2D eigenvalue weighted by molar-refractivity contribution is 0.392. The summed E-state index contributed by atoms with van der Waals surface area (Å²) in [5, 5.41) is 3.66. The average Bonchev–Trinajstić information content (AvgIpc) is 3.12. The number of anilines is 1. The molecule has 0 bridgehead atoms. The largest absolute Gasteiger partial charge is 0.496 e. The molecular weight excluding hydrogens is 414 g/mol. The number of imidazole rings is 1. The van der Waals surface area contributed by atoms with Crippen molar-refractivity contribution in [1.29, 1.82) is 0 Å². The van der Waals surface area contributed by atoms with Crippen molar-refractivity contribution in [1.82, 2.24) is 9.55 Å². The van der Waals surface area contributed by atoms with Crippen LogP contribution in [0.1, 0.15) is 29.6 Å². The maximum atomic E-state index is 5.70. The fraction of sp³-hybridized carbons (Fsp3) is 0.174. The predicted molar refractivity (Wildman–Crippen MR) is 116 cm³/mol. The molecule has 1 aromatic heterocycles. The van der Waals surface area contributed by atoms with Crippen LogP contribution < -0.4 is 10.1 Å². The molecule has 0 amide bonds. The Kier molecular flexibility index (Phi) is 4.32. The third-order valence-corrected chi connectivity index (χ3v) is 5.97. The van der Waals surface area contributed by atoms with Gasteiger partial charge in [0.05, 0.1) is 30.2 Å². The van der Waals surface area contributed by atoms with Crippen LogP contribution >= 0.6 is 15.9 Å². The summed E-state index contributed by atoms with van der Waals surface area (Å²) in [4.78, 5) is 4.88. The standard InChI is InChI=1S/C23H20BrN3O/c1-28-22-9-5-2-6-17(22)21-14-19(15-10-12-16(24)13-11-15)26-23-25-18-7-3-4-8-20(18)27(21)23/h2-13,19,21H,14H2,1H3,(H,25,26). The van der Waals surface area contributed by atoms with Crippen molar-refractivity contribution in [3.8, 4) is 5.75 Å². The zero-order valence-electron chi connectivity index (χ0n) is 15.5. The Bertz CT molecular complexity index is 1140. The van der Waals surface area contributed by atoms with Gasteiger partial charge in [-0.15, -0.1) is 0 Å². The number of nitrogens with one attached hydrogen (secondary N) is 1. The van der Waals surface area contributed by atoms with Crippen LogP contribution in [0, 0.1) is 0 Å². The summed E-state index contributed by atoms with van der Waals surface area (Å²) in [5.41, 5.74) is 4.57. The van der Waals surface area contributed by atoms with Gasteiger partial charge in [0.2, 0.25) is 5.95 Å². The summed E-state index contributed by atoms with van der Waals surface area (Å²) in [6.45, 7) is 0. The van der Waals surface area contributed by atoms with Crippen molar-refractivity contribution in [3.05, 3.63) is 88.4 Å². The Hall–Kier alpha value is -2.79. The number of para-hydroxylation sites is 3. The van der Waals surface area contributed by atoms with Gasteiger partial charge in [-0.1, -0.05) is 58.4 Å². The molecular formula is C23H20BrN3O. The number of halogens is 1. The average molecular weight is 434 g/mol. The second-order valence-corrected chi connectivity index (χ2v) is 7.95. The highest BCUT2D eigenvalue weighted by Gasteiger charge is 2.32. The summed E-state index contributed by atoms with van der Waals surface area (Å²) in [6, 6.07) is 25.4. The van der Waals surface area contributed by atoms with E-state index < -0.39 is 0 Å². The Balaban J connectivity index is 1.68. The van der Waals surface area contributed by atoms with Gasteiger partial charge in [-0.2, -0.15) is 0 Å². The highest BCUT2D eigenvalue weighted by molar-refractivity contribution is 9.10. The van der Waals surface area contributed by atoms with E-state index in [4.69, 9.17) is 9.72 Å². The first-order valence-electron chi connectivity index (χ1n) is 9.36. The molecule has 3 aromatic carbocycles. The lowest BCUT2D eigenvalue weighted by Gasteiger charge is -2.34. The summed E-state index contributed by atoms with van der Waals surface area (Å²) in [5.74, 6) is 1.81. The van der Waals surface area contributed by atoms with E-state index in [1.165, 1.54) is 11.1 Å². The van der Waals surface area contributed by atoms with Crippen molar-refractivity contribution in [2.75, 3.05) is 12.4 Å². The number of benzene rings is 3. The highest BCUT2D eigenvalue weighted by atomic mass is 79.9. The van der Waals surface area contributed by atoms with Crippen LogP contribution in [0.25, 0.3) is 11.0 Å². The SMILES string of the molecule is COc1ccccc1C1CC(c2ccc(Br)cc2)Nc2nc3ccccc3n21. The van der Waals surface area contributed by atoms with Gasteiger partial charge >= 0.3 is 0 Å². The second kappa shape index (κ2) is 6.99. The molecule has 2 atom stereocenters. The molecule has 1 aliphatic rings. The van der Waals surface area contributed by atoms with Gasteiger partial charge in [-0.3, -0.25) is 0 Å². The molecule has 28 heavy (non-hydrogen) atoms. The molecule has 1 N–H and O–H groups in total. The van der Waals surface area contributed by atoms with Crippen molar-refractivity contribution in [2.24, 2.45) is 0 Å². The Morgan fingerprint density at radius 3 is 2.57 bits per heavy atom. The number of aromatic nitrogens is 2. The minimum absolute atomic E-state index is 0.133. The Morgan fingerprint density at radius 2 is 1.75 bits per heavy atom.